The molecule has 3 rings (SSSR count). The number of carbonyl (C=O) groups is 1. The number of carbonyl (C=O) groups excluding carboxylic acids is 1. The molecule has 0 spiro atoms. The minimum absolute atomic E-state index is 0.106. The van der Waals surface area contributed by atoms with Gasteiger partial charge in [0, 0.05) is 29.4 Å². The predicted molar refractivity (Wildman–Crippen MR) is 94.0 cm³/mol. The molecule has 1 aromatic heterocycles. The number of nitrogens with zero attached hydrogens (tertiary/aromatic N) is 2. The number of amides is 1. The van der Waals surface area contributed by atoms with E-state index in [1.54, 1.807) is 12.1 Å². The lowest BCUT2D eigenvalue weighted by atomic mass is 10.2. The normalized spacial score (nSPS) is 10.6. The van der Waals surface area contributed by atoms with Gasteiger partial charge in [-0.3, -0.25) is 4.79 Å². The van der Waals surface area contributed by atoms with E-state index >= 15 is 0 Å². The molecular weight excluding hydrogens is 389 g/mol. The molecule has 0 radical (unpaired) electrons. The first-order valence-corrected chi connectivity index (χ1v) is 8.49. The van der Waals surface area contributed by atoms with Crippen LogP contribution in [0, 0.1) is 5.82 Å². The van der Waals surface area contributed by atoms with Crippen LogP contribution in [0.15, 0.2) is 57.5 Å². The first-order chi connectivity index (χ1) is 12.1. The quantitative estimate of drug-likeness (QED) is 0.677. The fourth-order valence-corrected chi connectivity index (χ4v) is 2.70. The average Bonchev–Trinajstić information content (AvgIpc) is 3.07. The molecule has 0 aliphatic heterocycles. The minimum Gasteiger partial charge on any atom is -0.352 e. The van der Waals surface area contributed by atoms with Crippen LogP contribution in [0.2, 0.25) is 0 Å². The molecular formula is C18H15BrFN3O2. The van der Waals surface area contributed by atoms with E-state index in [1.807, 2.05) is 24.3 Å². The third-order valence-electron chi connectivity index (χ3n) is 3.50. The Hall–Kier alpha value is -2.54. The van der Waals surface area contributed by atoms with Crippen LogP contribution < -0.4 is 5.32 Å². The Morgan fingerprint density at radius 3 is 2.84 bits per heavy atom. The third kappa shape index (κ3) is 4.96. The van der Waals surface area contributed by atoms with Gasteiger partial charge in [-0.15, -0.1) is 0 Å². The SMILES string of the molecule is O=C(CCc1nc(-c2cccc(F)c2)no1)NCc1cccc(Br)c1. The zero-order valence-electron chi connectivity index (χ0n) is 13.2. The Morgan fingerprint density at radius 2 is 2.04 bits per heavy atom. The Bertz CT molecular complexity index is 882. The van der Waals surface area contributed by atoms with E-state index in [4.69, 9.17) is 4.52 Å². The van der Waals surface area contributed by atoms with Crippen LogP contribution in [0.4, 0.5) is 4.39 Å². The molecule has 25 heavy (non-hydrogen) atoms. The second-order valence-corrected chi connectivity index (χ2v) is 6.34. The molecule has 1 amide bonds. The van der Waals surface area contributed by atoms with Gasteiger partial charge in [-0.25, -0.2) is 4.39 Å². The maximum atomic E-state index is 13.2. The molecule has 5 nitrogen and oxygen atoms in total. The Balaban J connectivity index is 1.51. The van der Waals surface area contributed by atoms with Crippen molar-refractivity contribution in [2.24, 2.45) is 0 Å². The minimum atomic E-state index is -0.365. The van der Waals surface area contributed by atoms with Crippen molar-refractivity contribution in [2.45, 2.75) is 19.4 Å². The van der Waals surface area contributed by atoms with Gasteiger partial charge in [0.2, 0.25) is 17.6 Å². The van der Waals surface area contributed by atoms with Crippen LogP contribution in [0.5, 0.6) is 0 Å². The second-order valence-electron chi connectivity index (χ2n) is 5.43. The number of rotatable bonds is 6. The fraction of sp³-hybridized carbons (Fsp3) is 0.167. The maximum absolute atomic E-state index is 13.2. The fourth-order valence-electron chi connectivity index (χ4n) is 2.26. The summed E-state index contributed by atoms with van der Waals surface area (Å²) < 4.78 is 19.3. The summed E-state index contributed by atoms with van der Waals surface area (Å²) >= 11 is 3.39. The first-order valence-electron chi connectivity index (χ1n) is 7.70. The van der Waals surface area contributed by atoms with Crippen LogP contribution in [0.1, 0.15) is 17.9 Å². The Morgan fingerprint density at radius 1 is 1.20 bits per heavy atom. The summed E-state index contributed by atoms with van der Waals surface area (Å²) in [4.78, 5) is 16.1. The number of halogens is 2. The van der Waals surface area contributed by atoms with E-state index in [0.717, 1.165) is 10.0 Å². The number of hydrogen-bond acceptors (Lipinski definition) is 4. The summed E-state index contributed by atoms with van der Waals surface area (Å²) in [7, 11) is 0. The zero-order valence-corrected chi connectivity index (χ0v) is 14.8. The van der Waals surface area contributed by atoms with Gasteiger partial charge < -0.3 is 9.84 Å². The van der Waals surface area contributed by atoms with Crippen molar-refractivity contribution in [1.82, 2.24) is 15.5 Å². The summed E-state index contributed by atoms with van der Waals surface area (Å²) in [6, 6.07) is 13.7. The highest BCUT2D eigenvalue weighted by atomic mass is 79.9. The van der Waals surface area contributed by atoms with Gasteiger partial charge >= 0.3 is 0 Å². The van der Waals surface area contributed by atoms with Crippen molar-refractivity contribution in [2.75, 3.05) is 0 Å². The van der Waals surface area contributed by atoms with Crippen LogP contribution in [-0.2, 0) is 17.8 Å². The van der Waals surface area contributed by atoms with E-state index in [1.165, 1.54) is 12.1 Å². The van der Waals surface area contributed by atoms with Gasteiger partial charge in [-0.2, -0.15) is 4.98 Å². The van der Waals surface area contributed by atoms with Gasteiger partial charge in [0.25, 0.3) is 0 Å². The van der Waals surface area contributed by atoms with E-state index in [9.17, 15) is 9.18 Å². The number of aromatic nitrogens is 2. The summed E-state index contributed by atoms with van der Waals surface area (Å²) in [5, 5.41) is 6.66. The van der Waals surface area contributed by atoms with Crippen LogP contribution in [0.3, 0.4) is 0 Å². The highest BCUT2D eigenvalue weighted by molar-refractivity contribution is 9.10. The molecule has 0 saturated carbocycles. The first kappa shape index (κ1) is 17.3. The Kier molecular flexibility index (Phi) is 5.55. The summed E-state index contributed by atoms with van der Waals surface area (Å²) in [5.74, 6) is 0.183. The van der Waals surface area contributed by atoms with E-state index < -0.39 is 0 Å². The van der Waals surface area contributed by atoms with Crippen molar-refractivity contribution in [3.05, 3.63) is 70.3 Å². The number of nitrogens with one attached hydrogen (secondary N) is 1. The van der Waals surface area contributed by atoms with Gasteiger partial charge in [0.15, 0.2) is 0 Å². The monoisotopic (exact) mass is 403 g/mol. The molecule has 0 saturated heterocycles. The lowest BCUT2D eigenvalue weighted by Crippen LogP contribution is -2.23. The number of benzene rings is 2. The van der Waals surface area contributed by atoms with E-state index in [-0.39, 0.29) is 18.1 Å². The molecule has 1 N–H and O–H groups in total. The molecule has 2 aromatic carbocycles. The molecule has 7 heteroatoms. The summed E-state index contributed by atoms with van der Waals surface area (Å²) in [6.45, 7) is 0.455. The van der Waals surface area contributed by atoms with Crippen molar-refractivity contribution in [3.8, 4) is 11.4 Å². The third-order valence-corrected chi connectivity index (χ3v) is 3.99. The number of aryl methyl sites for hydroxylation is 1. The van der Waals surface area contributed by atoms with Gasteiger partial charge in [0.1, 0.15) is 5.82 Å². The molecule has 0 bridgehead atoms. The van der Waals surface area contributed by atoms with Gasteiger partial charge in [-0.05, 0) is 29.8 Å². The van der Waals surface area contributed by atoms with Gasteiger partial charge in [0.05, 0.1) is 0 Å². The van der Waals surface area contributed by atoms with Crippen molar-refractivity contribution < 1.29 is 13.7 Å². The summed E-state index contributed by atoms with van der Waals surface area (Å²) in [5.41, 5.74) is 1.54. The van der Waals surface area contributed by atoms with Crippen LogP contribution >= 0.6 is 15.9 Å². The average molecular weight is 404 g/mol. The van der Waals surface area contributed by atoms with Crippen molar-refractivity contribution in [1.29, 1.82) is 0 Å². The molecule has 1 heterocycles. The molecule has 3 aromatic rings. The smallest absolute Gasteiger partial charge is 0.227 e. The van der Waals surface area contributed by atoms with Crippen LogP contribution in [0.25, 0.3) is 11.4 Å². The van der Waals surface area contributed by atoms with E-state index in [2.05, 4.69) is 31.4 Å². The summed E-state index contributed by atoms with van der Waals surface area (Å²) in [6.07, 6.45) is 0.561. The lowest BCUT2D eigenvalue weighted by molar-refractivity contribution is -0.121. The highest BCUT2D eigenvalue weighted by Crippen LogP contribution is 2.17. The molecule has 0 aliphatic rings. The van der Waals surface area contributed by atoms with Crippen molar-refractivity contribution >= 4 is 21.8 Å². The van der Waals surface area contributed by atoms with Gasteiger partial charge in [-0.1, -0.05) is 45.4 Å². The lowest BCUT2D eigenvalue weighted by Gasteiger charge is -2.04. The highest BCUT2D eigenvalue weighted by Gasteiger charge is 2.11. The molecule has 128 valence electrons. The molecule has 0 aliphatic carbocycles. The van der Waals surface area contributed by atoms with Crippen molar-refractivity contribution in [3.63, 3.8) is 0 Å². The van der Waals surface area contributed by atoms with Crippen LogP contribution in [-0.4, -0.2) is 16.0 Å². The Labute approximate surface area is 152 Å². The molecule has 0 unspecified atom stereocenters. The largest absolute Gasteiger partial charge is 0.352 e. The zero-order chi connectivity index (χ0) is 17.6. The predicted octanol–water partition coefficient (Wildman–Crippen LogP) is 3.89. The topological polar surface area (TPSA) is 68.0 Å². The molecule has 0 atom stereocenters. The maximum Gasteiger partial charge on any atom is 0.227 e. The standard InChI is InChI=1S/C18H15BrFN3O2/c19-14-5-1-3-12(9-14)11-21-16(24)7-8-17-22-18(23-25-17)13-4-2-6-15(20)10-13/h1-6,9-10H,7-8,11H2,(H,21,24). The van der Waals surface area contributed by atoms with E-state index in [0.29, 0.717) is 30.2 Å². The number of hydrogen-bond donors (Lipinski definition) is 1. The molecule has 0 fully saturated rings. The second kappa shape index (κ2) is 8.02.